The van der Waals surface area contributed by atoms with E-state index in [2.05, 4.69) is 36.1 Å². The first-order chi connectivity index (χ1) is 12.5. The Balaban J connectivity index is 1.66. The summed E-state index contributed by atoms with van der Waals surface area (Å²) in [7, 11) is 0. The number of anilines is 1. The monoisotopic (exact) mass is 353 g/mol. The van der Waals surface area contributed by atoms with Crippen LogP contribution in [-0.4, -0.2) is 49.5 Å². The molecular weight excluding hydrogens is 330 g/mol. The van der Waals surface area contributed by atoms with E-state index < -0.39 is 5.91 Å². The predicted molar refractivity (Wildman–Crippen MR) is 100 cm³/mol. The molecule has 1 aliphatic rings. The van der Waals surface area contributed by atoms with Crippen LogP contribution in [0.25, 0.3) is 0 Å². The van der Waals surface area contributed by atoms with Crippen molar-refractivity contribution in [2.75, 3.05) is 37.7 Å². The van der Waals surface area contributed by atoms with Crippen LogP contribution in [0.5, 0.6) is 5.75 Å². The fraction of sp³-hybridized carbons (Fsp3) is 0.300. The molecule has 136 valence electrons. The molecule has 0 unspecified atom stereocenters. The summed E-state index contributed by atoms with van der Waals surface area (Å²) in [6.07, 6.45) is 0. The molecule has 1 aliphatic heterocycles. The molecule has 0 spiro atoms. The van der Waals surface area contributed by atoms with Gasteiger partial charge in [-0.15, -0.1) is 0 Å². The van der Waals surface area contributed by atoms with Crippen molar-refractivity contribution in [1.29, 1.82) is 0 Å². The molecule has 0 radical (unpaired) electrons. The SMILES string of the molecule is Cc1cccc(N2CCN(C(=O)c3ccccc3OCC(N)=O)CC2)c1. The van der Waals surface area contributed by atoms with Gasteiger partial charge in [0.1, 0.15) is 5.75 Å². The van der Waals surface area contributed by atoms with Crippen LogP contribution in [0.2, 0.25) is 0 Å². The molecule has 0 saturated carbocycles. The molecule has 1 heterocycles. The minimum atomic E-state index is -0.570. The van der Waals surface area contributed by atoms with E-state index in [0.717, 1.165) is 13.1 Å². The average Bonchev–Trinajstić information content (AvgIpc) is 2.66. The molecule has 26 heavy (non-hydrogen) atoms. The molecule has 2 amide bonds. The number of amides is 2. The number of para-hydroxylation sites is 1. The van der Waals surface area contributed by atoms with Crippen molar-refractivity contribution in [2.45, 2.75) is 6.92 Å². The van der Waals surface area contributed by atoms with Gasteiger partial charge < -0.3 is 20.3 Å². The van der Waals surface area contributed by atoms with Crippen molar-refractivity contribution in [3.8, 4) is 5.75 Å². The van der Waals surface area contributed by atoms with E-state index in [9.17, 15) is 9.59 Å². The van der Waals surface area contributed by atoms with Crippen molar-refractivity contribution >= 4 is 17.5 Å². The smallest absolute Gasteiger partial charge is 0.257 e. The summed E-state index contributed by atoms with van der Waals surface area (Å²) in [6, 6.07) is 15.3. The molecule has 6 heteroatoms. The fourth-order valence-corrected chi connectivity index (χ4v) is 3.08. The molecule has 2 aromatic carbocycles. The van der Waals surface area contributed by atoms with Gasteiger partial charge in [-0.1, -0.05) is 24.3 Å². The summed E-state index contributed by atoms with van der Waals surface area (Å²) >= 11 is 0. The van der Waals surface area contributed by atoms with E-state index in [1.807, 2.05) is 4.90 Å². The van der Waals surface area contributed by atoms with E-state index in [1.165, 1.54) is 11.3 Å². The van der Waals surface area contributed by atoms with Crippen LogP contribution in [0, 0.1) is 6.92 Å². The lowest BCUT2D eigenvalue weighted by molar-refractivity contribution is -0.119. The van der Waals surface area contributed by atoms with Crippen molar-refractivity contribution < 1.29 is 14.3 Å². The molecule has 0 bridgehead atoms. The zero-order valence-electron chi connectivity index (χ0n) is 14.9. The standard InChI is InChI=1S/C20H23N3O3/c1-15-5-4-6-16(13-15)22-9-11-23(12-10-22)20(25)17-7-2-3-8-18(17)26-14-19(21)24/h2-8,13H,9-12,14H2,1H3,(H2,21,24). The molecule has 0 atom stereocenters. The van der Waals surface area contributed by atoms with Gasteiger partial charge in [0.15, 0.2) is 6.61 Å². The number of carbonyl (C=O) groups excluding carboxylic acids is 2. The molecule has 3 rings (SSSR count). The van der Waals surface area contributed by atoms with Gasteiger partial charge in [0.2, 0.25) is 0 Å². The van der Waals surface area contributed by atoms with Crippen LogP contribution < -0.4 is 15.4 Å². The number of ether oxygens (including phenoxy) is 1. The number of hydrogen-bond acceptors (Lipinski definition) is 4. The summed E-state index contributed by atoms with van der Waals surface area (Å²) in [5.74, 6) is -0.273. The van der Waals surface area contributed by atoms with Crippen molar-refractivity contribution in [3.63, 3.8) is 0 Å². The first kappa shape index (κ1) is 17.8. The number of aryl methyl sites for hydroxylation is 1. The number of rotatable bonds is 5. The number of hydrogen-bond donors (Lipinski definition) is 1. The van der Waals surface area contributed by atoms with Gasteiger partial charge >= 0.3 is 0 Å². The summed E-state index contributed by atoms with van der Waals surface area (Å²) in [4.78, 5) is 27.9. The Morgan fingerprint density at radius 1 is 1.04 bits per heavy atom. The zero-order chi connectivity index (χ0) is 18.5. The molecule has 2 N–H and O–H groups in total. The number of piperazine rings is 1. The highest BCUT2D eigenvalue weighted by atomic mass is 16.5. The predicted octanol–water partition coefficient (Wildman–Crippen LogP) is 1.82. The van der Waals surface area contributed by atoms with Crippen molar-refractivity contribution in [2.24, 2.45) is 5.73 Å². The number of benzene rings is 2. The van der Waals surface area contributed by atoms with Gasteiger partial charge in [-0.2, -0.15) is 0 Å². The molecule has 0 aromatic heterocycles. The third-order valence-electron chi connectivity index (χ3n) is 4.42. The minimum Gasteiger partial charge on any atom is -0.483 e. The second kappa shape index (κ2) is 7.91. The highest BCUT2D eigenvalue weighted by molar-refractivity contribution is 5.97. The van der Waals surface area contributed by atoms with Crippen LogP contribution in [-0.2, 0) is 4.79 Å². The number of nitrogens with zero attached hydrogens (tertiary/aromatic N) is 2. The van der Waals surface area contributed by atoms with E-state index in [-0.39, 0.29) is 12.5 Å². The molecule has 2 aromatic rings. The minimum absolute atomic E-state index is 0.0889. The van der Waals surface area contributed by atoms with Crippen LogP contribution in [0.3, 0.4) is 0 Å². The average molecular weight is 353 g/mol. The number of nitrogens with two attached hydrogens (primary N) is 1. The summed E-state index contributed by atoms with van der Waals surface area (Å²) in [6.45, 7) is 4.66. The Kier molecular flexibility index (Phi) is 5.41. The molecule has 1 saturated heterocycles. The lowest BCUT2D eigenvalue weighted by Crippen LogP contribution is -2.48. The van der Waals surface area contributed by atoms with Gasteiger partial charge in [0, 0.05) is 31.9 Å². The highest BCUT2D eigenvalue weighted by Crippen LogP contribution is 2.22. The summed E-state index contributed by atoms with van der Waals surface area (Å²) < 4.78 is 5.38. The quantitative estimate of drug-likeness (QED) is 0.890. The van der Waals surface area contributed by atoms with Crippen LogP contribution in [0.1, 0.15) is 15.9 Å². The lowest BCUT2D eigenvalue weighted by Gasteiger charge is -2.36. The van der Waals surface area contributed by atoms with E-state index in [4.69, 9.17) is 10.5 Å². The topological polar surface area (TPSA) is 75.9 Å². The molecule has 1 fully saturated rings. The third-order valence-corrected chi connectivity index (χ3v) is 4.42. The van der Waals surface area contributed by atoms with Crippen LogP contribution in [0.15, 0.2) is 48.5 Å². The third kappa shape index (κ3) is 4.14. The highest BCUT2D eigenvalue weighted by Gasteiger charge is 2.24. The summed E-state index contributed by atoms with van der Waals surface area (Å²) in [5.41, 5.74) is 7.99. The van der Waals surface area contributed by atoms with Gasteiger partial charge in [0.25, 0.3) is 11.8 Å². The Bertz CT molecular complexity index is 798. The fourth-order valence-electron chi connectivity index (χ4n) is 3.08. The van der Waals surface area contributed by atoms with E-state index in [0.29, 0.717) is 24.4 Å². The first-order valence-electron chi connectivity index (χ1n) is 8.65. The maximum atomic E-state index is 12.9. The van der Waals surface area contributed by atoms with Crippen LogP contribution >= 0.6 is 0 Å². The Labute approximate surface area is 153 Å². The van der Waals surface area contributed by atoms with Crippen molar-refractivity contribution in [3.05, 3.63) is 59.7 Å². The first-order valence-corrected chi connectivity index (χ1v) is 8.65. The summed E-state index contributed by atoms with van der Waals surface area (Å²) in [5, 5.41) is 0. The van der Waals surface area contributed by atoms with Crippen LogP contribution in [0.4, 0.5) is 5.69 Å². The zero-order valence-corrected chi connectivity index (χ0v) is 14.9. The molecule has 6 nitrogen and oxygen atoms in total. The van der Waals surface area contributed by atoms with Gasteiger partial charge in [0.05, 0.1) is 5.56 Å². The van der Waals surface area contributed by atoms with E-state index in [1.54, 1.807) is 24.3 Å². The normalized spacial score (nSPS) is 14.2. The Hall–Kier alpha value is -3.02. The van der Waals surface area contributed by atoms with Gasteiger partial charge in [-0.05, 0) is 36.8 Å². The maximum Gasteiger partial charge on any atom is 0.257 e. The second-order valence-electron chi connectivity index (χ2n) is 6.37. The molecular formula is C20H23N3O3. The molecule has 0 aliphatic carbocycles. The number of primary amides is 1. The van der Waals surface area contributed by atoms with Gasteiger partial charge in [-0.25, -0.2) is 0 Å². The largest absolute Gasteiger partial charge is 0.483 e. The van der Waals surface area contributed by atoms with Gasteiger partial charge in [-0.3, -0.25) is 9.59 Å². The Morgan fingerprint density at radius 2 is 1.77 bits per heavy atom. The number of carbonyl (C=O) groups is 2. The maximum absolute atomic E-state index is 12.9. The second-order valence-corrected chi connectivity index (χ2v) is 6.37. The van der Waals surface area contributed by atoms with Crippen molar-refractivity contribution in [1.82, 2.24) is 4.90 Å². The lowest BCUT2D eigenvalue weighted by atomic mass is 10.1. The van der Waals surface area contributed by atoms with E-state index >= 15 is 0 Å². The Morgan fingerprint density at radius 3 is 2.46 bits per heavy atom.